The third kappa shape index (κ3) is 18.6. The van der Waals surface area contributed by atoms with Crippen molar-refractivity contribution in [2.75, 3.05) is 13.2 Å². The number of rotatable bonds is 36. The van der Waals surface area contributed by atoms with Gasteiger partial charge in [0.1, 0.15) is 11.5 Å². The summed E-state index contributed by atoms with van der Waals surface area (Å²) >= 11 is 0. The molecule has 0 amide bonds. The van der Waals surface area contributed by atoms with Gasteiger partial charge in [-0.1, -0.05) is 229 Å². The largest absolute Gasteiger partial charge is 0.494 e. The van der Waals surface area contributed by atoms with Crippen molar-refractivity contribution in [3.63, 3.8) is 0 Å². The highest BCUT2D eigenvalue weighted by atomic mass is 16.7. The highest BCUT2D eigenvalue weighted by Crippen LogP contribution is 2.41. The minimum absolute atomic E-state index is 0.437. The maximum atomic E-state index is 6.73. The van der Waals surface area contributed by atoms with Gasteiger partial charge in [-0.25, -0.2) is 0 Å². The molecular weight excluding hydrogens is 958 g/mol. The minimum Gasteiger partial charge on any atom is -0.493 e. The van der Waals surface area contributed by atoms with Gasteiger partial charge in [-0.2, -0.15) is 0 Å². The van der Waals surface area contributed by atoms with Gasteiger partial charge in [0.2, 0.25) is 0 Å². The zero-order chi connectivity index (χ0) is 56.0. The molecule has 2 aliphatic rings. The highest BCUT2D eigenvalue weighted by Gasteiger charge is 2.52. The van der Waals surface area contributed by atoms with Crippen molar-refractivity contribution in [1.29, 1.82) is 0 Å². The van der Waals surface area contributed by atoms with Crippen molar-refractivity contribution in [2.45, 2.75) is 260 Å². The van der Waals surface area contributed by atoms with E-state index in [1.807, 2.05) is 0 Å². The topological polar surface area (TPSA) is 55.4 Å². The van der Waals surface area contributed by atoms with Gasteiger partial charge in [-0.15, -0.1) is 0 Å². The molecule has 6 rings (SSSR count). The van der Waals surface area contributed by atoms with Crippen molar-refractivity contribution < 1.29 is 28.1 Å². The predicted octanol–water partition coefficient (Wildman–Crippen LogP) is 18.7. The van der Waals surface area contributed by atoms with Crippen LogP contribution in [-0.2, 0) is 18.6 Å². The van der Waals surface area contributed by atoms with Crippen LogP contribution in [0, 0.1) is 11.8 Å². The van der Waals surface area contributed by atoms with Crippen LogP contribution in [-0.4, -0.2) is 49.9 Å². The van der Waals surface area contributed by atoms with Gasteiger partial charge in [-0.3, -0.25) is 0 Å². The molecule has 6 nitrogen and oxygen atoms in total. The molecular formula is C70H106B2O6. The van der Waals surface area contributed by atoms with Gasteiger partial charge in [0.15, 0.2) is 0 Å². The van der Waals surface area contributed by atoms with Crippen LogP contribution in [0.4, 0.5) is 0 Å². The van der Waals surface area contributed by atoms with E-state index in [4.69, 9.17) is 28.1 Å². The second-order valence-electron chi connectivity index (χ2n) is 25.4. The van der Waals surface area contributed by atoms with E-state index in [1.54, 1.807) is 0 Å². The van der Waals surface area contributed by atoms with Crippen molar-refractivity contribution in [2.24, 2.45) is 11.8 Å². The highest BCUT2D eigenvalue weighted by molar-refractivity contribution is 6.62. The summed E-state index contributed by atoms with van der Waals surface area (Å²) in [6.45, 7) is 27.6. The molecule has 0 aromatic heterocycles. The third-order valence-corrected chi connectivity index (χ3v) is 17.8. The van der Waals surface area contributed by atoms with Crippen molar-refractivity contribution in [3.05, 3.63) is 119 Å². The number of unbranched alkanes of at least 4 members (excludes halogenated alkanes) is 16. The zero-order valence-electron chi connectivity index (χ0n) is 51.4. The van der Waals surface area contributed by atoms with Gasteiger partial charge in [-0.05, 0) is 162 Å². The summed E-state index contributed by atoms with van der Waals surface area (Å²) in [5.41, 5.74) is 6.92. The molecule has 0 spiro atoms. The Morgan fingerprint density at radius 2 is 0.564 bits per heavy atom. The third-order valence-electron chi connectivity index (χ3n) is 17.8. The molecule has 4 aromatic carbocycles. The van der Waals surface area contributed by atoms with Crippen LogP contribution in [0.1, 0.15) is 259 Å². The summed E-state index contributed by atoms with van der Waals surface area (Å²) in [7, 11) is -0.915. The molecule has 8 heteroatoms. The average molecular weight is 1070 g/mol. The lowest BCUT2D eigenvalue weighted by Crippen LogP contribution is -2.41. The Kier molecular flexibility index (Phi) is 25.5. The number of hydrogen-bond donors (Lipinski definition) is 0. The van der Waals surface area contributed by atoms with E-state index >= 15 is 0 Å². The van der Waals surface area contributed by atoms with Gasteiger partial charge in [0, 0.05) is 0 Å². The Labute approximate surface area is 477 Å². The molecule has 4 aromatic rings. The number of benzene rings is 4. The fourth-order valence-electron chi connectivity index (χ4n) is 11.1. The van der Waals surface area contributed by atoms with E-state index in [0.29, 0.717) is 11.8 Å². The van der Waals surface area contributed by atoms with Crippen molar-refractivity contribution >= 4 is 36.3 Å². The van der Waals surface area contributed by atoms with Crippen LogP contribution in [0.15, 0.2) is 97.1 Å². The monoisotopic (exact) mass is 1060 g/mol. The smallest absolute Gasteiger partial charge is 0.493 e. The lowest BCUT2D eigenvalue weighted by atomic mass is 9.76. The molecule has 2 unspecified atom stereocenters. The molecule has 0 N–H and O–H groups in total. The van der Waals surface area contributed by atoms with E-state index < -0.39 is 36.6 Å². The molecule has 78 heavy (non-hydrogen) atoms. The van der Waals surface area contributed by atoms with Gasteiger partial charge in [0.05, 0.1) is 35.6 Å². The Hall–Kier alpha value is -3.81. The summed E-state index contributed by atoms with van der Waals surface area (Å²) in [6, 6.07) is 35.5. The van der Waals surface area contributed by atoms with Crippen LogP contribution in [0.2, 0.25) is 0 Å². The standard InChI is InChI=1S/C70H106B2O6/c1-13-17-21-25-27-31-35-55(33-29-23-19-15-3)53-73-63-49-41-59(42-50-63)65(57-37-45-61(46-38-57)71-75-67(5,6)68(7,8)76-71)66(58-39-47-62(48-40-58)72-77-69(9,10)70(11,12)78-72)60-43-51-64(52-44-60)74-54-56(34-30-24-20-16-4)36-32-28-26-22-18-14-2/h37-52,55-56H,13-36,53-54H2,1-12H3/b66-65+. The van der Waals surface area contributed by atoms with Crippen LogP contribution in [0.3, 0.4) is 0 Å². The average Bonchev–Trinajstić information content (AvgIpc) is 3.93. The van der Waals surface area contributed by atoms with Crippen LogP contribution < -0.4 is 20.4 Å². The Morgan fingerprint density at radius 1 is 0.333 bits per heavy atom. The summed E-state index contributed by atoms with van der Waals surface area (Å²) < 4.78 is 39.7. The molecule has 428 valence electrons. The summed E-state index contributed by atoms with van der Waals surface area (Å²) in [4.78, 5) is 0. The molecule has 2 atom stereocenters. The number of hydrogen-bond acceptors (Lipinski definition) is 6. The molecule has 0 saturated carbocycles. The van der Waals surface area contributed by atoms with E-state index in [1.165, 1.54) is 154 Å². The number of ether oxygens (including phenoxy) is 2. The minimum atomic E-state index is -0.458. The molecule has 2 fully saturated rings. The maximum Gasteiger partial charge on any atom is 0.494 e. The van der Waals surface area contributed by atoms with Gasteiger partial charge < -0.3 is 28.1 Å². The first-order valence-corrected chi connectivity index (χ1v) is 31.6. The van der Waals surface area contributed by atoms with Crippen LogP contribution in [0.25, 0.3) is 11.1 Å². The zero-order valence-corrected chi connectivity index (χ0v) is 51.4. The lowest BCUT2D eigenvalue weighted by molar-refractivity contribution is 0.00578. The molecule has 2 heterocycles. The van der Waals surface area contributed by atoms with E-state index in [0.717, 1.165) is 69.0 Å². The van der Waals surface area contributed by atoms with E-state index in [2.05, 4.69) is 180 Å². The van der Waals surface area contributed by atoms with E-state index in [9.17, 15) is 0 Å². The van der Waals surface area contributed by atoms with E-state index in [-0.39, 0.29) is 0 Å². The Bertz CT molecular complexity index is 2140. The fraction of sp³-hybridized carbons (Fsp3) is 0.629. The molecule has 2 saturated heterocycles. The molecule has 0 bridgehead atoms. The van der Waals surface area contributed by atoms with Crippen LogP contribution >= 0.6 is 0 Å². The van der Waals surface area contributed by atoms with Crippen LogP contribution in [0.5, 0.6) is 11.5 Å². The molecule has 0 radical (unpaired) electrons. The summed E-state index contributed by atoms with van der Waals surface area (Å²) in [5.74, 6) is 2.99. The first-order chi connectivity index (χ1) is 37.5. The Balaban J connectivity index is 1.37. The quantitative estimate of drug-likeness (QED) is 0.0257. The first kappa shape index (κ1) is 63.4. The molecule has 2 aliphatic heterocycles. The second kappa shape index (κ2) is 31.4. The lowest BCUT2D eigenvalue weighted by Gasteiger charge is -2.32. The summed E-state index contributed by atoms with van der Waals surface area (Å²) in [6.07, 6.45) is 31.2. The first-order valence-electron chi connectivity index (χ1n) is 31.6. The normalized spacial score (nSPS) is 17.5. The van der Waals surface area contributed by atoms with Gasteiger partial charge in [0.25, 0.3) is 0 Å². The molecule has 0 aliphatic carbocycles. The van der Waals surface area contributed by atoms with Crippen molar-refractivity contribution in [1.82, 2.24) is 0 Å². The Morgan fingerprint density at radius 3 is 0.833 bits per heavy atom. The predicted molar refractivity (Wildman–Crippen MR) is 334 cm³/mol. The maximum absolute atomic E-state index is 6.73. The second-order valence-corrected chi connectivity index (χ2v) is 25.4. The SMILES string of the molecule is CCCCCCCCC(CCCCCC)COc1ccc(/C(=C(/c2ccc(OCC(CCCCCC)CCCCCCCC)cc2)c2ccc(B3OC(C)(C)C(C)(C)O3)cc2)c2ccc(B3OC(C)(C)C(C)(C)O3)cc2)cc1. The fourth-order valence-corrected chi connectivity index (χ4v) is 11.1. The summed E-state index contributed by atoms with van der Waals surface area (Å²) in [5, 5.41) is 0. The van der Waals surface area contributed by atoms with Gasteiger partial charge >= 0.3 is 14.2 Å². The van der Waals surface area contributed by atoms with Crippen molar-refractivity contribution in [3.8, 4) is 11.5 Å².